The van der Waals surface area contributed by atoms with Crippen LogP contribution in [0.1, 0.15) is 41.0 Å². The molecule has 0 radical (unpaired) electrons. The van der Waals surface area contributed by atoms with E-state index in [4.69, 9.17) is 5.10 Å². The van der Waals surface area contributed by atoms with Gasteiger partial charge in [-0.2, -0.15) is 5.10 Å². The number of hydrogen-bond acceptors (Lipinski definition) is 3. The molecule has 0 aliphatic rings. The summed E-state index contributed by atoms with van der Waals surface area (Å²) in [5.74, 6) is 0. The average Bonchev–Trinajstić information content (AvgIpc) is 2.93. The summed E-state index contributed by atoms with van der Waals surface area (Å²) in [5.41, 5.74) is 2.55. The van der Waals surface area contributed by atoms with E-state index >= 15 is 0 Å². The zero-order valence-electron chi connectivity index (χ0n) is 15.3. The van der Waals surface area contributed by atoms with Crippen LogP contribution in [0.4, 0.5) is 0 Å². The van der Waals surface area contributed by atoms with E-state index in [9.17, 15) is 0 Å². The normalized spacial score (nSPS) is 12.2. The molecular weight excluding hydrogens is 303 g/mol. The van der Waals surface area contributed by atoms with Crippen molar-refractivity contribution in [2.75, 3.05) is 26.2 Å². The second-order valence-electron chi connectivity index (χ2n) is 5.63. The van der Waals surface area contributed by atoms with Gasteiger partial charge >= 0.3 is 0 Å². The van der Waals surface area contributed by atoms with Gasteiger partial charge in [0.2, 0.25) is 0 Å². The molecule has 2 aromatic rings. The monoisotopic (exact) mass is 334 g/mol. The molecule has 0 spiro atoms. The van der Waals surface area contributed by atoms with E-state index in [1.54, 1.807) is 0 Å². The first kappa shape index (κ1) is 18.4. The summed E-state index contributed by atoms with van der Waals surface area (Å²) in [4.78, 5) is 0. The molecule has 128 valence electrons. The molecule has 0 aliphatic heterocycles. The van der Waals surface area contributed by atoms with Crippen molar-refractivity contribution in [2.24, 2.45) is 0 Å². The Balaban J connectivity index is 2.64. The highest BCUT2D eigenvalue weighted by Gasteiger charge is 2.29. The highest BCUT2D eigenvalue weighted by atomic mass is 31.1. The molecule has 0 bridgehead atoms. The fourth-order valence-corrected chi connectivity index (χ4v) is 5.80. The first-order valence-corrected chi connectivity index (χ1v) is 10.2. The Labute approximate surface area is 142 Å². The predicted octanol–water partition coefficient (Wildman–Crippen LogP) is 4.07. The van der Waals surface area contributed by atoms with Crippen LogP contribution in [0.2, 0.25) is 0 Å². The lowest BCUT2D eigenvalue weighted by Gasteiger charge is -2.37. The van der Waals surface area contributed by atoms with Gasteiger partial charge in [0.05, 0.1) is 19.2 Å². The van der Waals surface area contributed by atoms with Crippen LogP contribution in [0.5, 0.6) is 0 Å². The van der Waals surface area contributed by atoms with Gasteiger partial charge in [-0.25, -0.2) is 0 Å². The molecule has 0 atom stereocenters. The van der Waals surface area contributed by atoms with E-state index in [1.807, 2.05) is 0 Å². The lowest BCUT2D eigenvalue weighted by atomic mass is 10.3. The highest BCUT2D eigenvalue weighted by molar-refractivity contribution is 7.61. The van der Waals surface area contributed by atoms with Gasteiger partial charge < -0.3 is 0 Å². The van der Waals surface area contributed by atoms with E-state index in [1.165, 1.54) is 10.8 Å². The number of nitrogens with zero attached hydrogens (tertiary/aromatic N) is 4. The molecule has 4 nitrogen and oxygen atoms in total. The topological polar surface area (TPSA) is 24.3 Å². The average molecular weight is 334 g/mol. The minimum atomic E-state index is -0.511. The van der Waals surface area contributed by atoms with Crippen molar-refractivity contribution in [3.63, 3.8) is 0 Å². The lowest BCUT2D eigenvalue weighted by Crippen LogP contribution is -2.36. The van der Waals surface area contributed by atoms with E-state index in [-0.39, 0.29) is 0 Å². The maximum absolute atomic E-state index is 4.90. The van der Waals surface area contributed by atoms with Gasteiger partial charge in [-0.15, -0.1) is 0 Å². The van der Waals surface area contributed by atoms with Crippen molar-refractivity contribution in [3.05, 3.63) is 24.3 Å². The van der Waals surface area contributed by atoms with Crippen LogP contribution in [-0.2, 0) is 6.54 Å². The minimum absolute atomic E-state index is 0.511. The van der Waals surface area contributed by atoms with E-state index < -0.39 is 8.22 Å². The Morgan fingerprint density at radius 3 is 2.00 bits per heavy atom. The molecule has 0 fully saturated rings. The highest BCUT2D eigenvalue weighted by Crippen LogP contribution is 2.44. The molecule has 5 heteroatoms. The third kappa shape index (κ3) is 3.76. The Kier molecular flexibility index (Phi) is 7.01. The van der Waals surface area contributed by atoms with Gasteiger partial charge in [-0.05, 0) is 12.5 Å². The number of benzene rings is 1. The van der Waals surface area contributed by atoms with Crippen LogP contribution in [-0.4, -0.2) is 45.3 Å². The van der Waals surface area contributed by atoms with Gasteiger partial charge in [0, 0.05) is 38.1 Å². The molecule has 1 aromatic heterocycles. The van der Waals surface area contributed by atoms with Crippen LogP contribution in [0.25, 0.3) is 10.9 Å². The number of aromatic nitrogens is 2. The van der Waals surface area contributed by atoms with Crippen molar-refractivity contribution in [1.82, 2.24) is 19.1 Å². The van der Waals surface area contributed by atoms with Gasteiger partial charge in [0.1, 0.15) is 0 Å². The van der Waals surface area contributed by atoms with Gasteiger partial charge in [0.15, 0.2) is 0 Å². The Morgan fingerprint density at radius 1 is 0.913 bits per heavy atom. The molecule has 0 amide bonds. The number of fused-ring (bicyclic) bond motifs is 1. The molecule has 23 heavy (non-hydrogen) atoms. The number of aryl methyl sites for hydroxylation is 1. The van der Waals surface area contributed by atoms with Crippen LogP contribution in [0.15, 0.2) is 24.3 Å². The zero-order valence-corrected chi connectivity index (χ0v) is 16.2. The van der Waals surface area contributed by atoms with Gasteiger partial charge in [-0.3, -0.25) is 14.0 Å². The molecule has 2 rings (SSSR count). The molecule has 1 aromatic carbocycles. The summed E-state index contributed by atoms with van der Waals surface area (Å²) in [7, 11) is -0.511. The molecule has 0 N–H and O–H groups in total. The quantitative estimate of drug-likeness (QED) is 0.646. The molecule has 0 saturated heterocycles. The summed E-state index contributed by atoms with van der Waals surface area (Å²) in [6, 6.07) is 8.61. The van der Waals surface area contributed by atoms with Gasteiger partial charge in [-0.1, -0.05) is 52.8 Å². The fraction of sp³-hybridized carbons (Fsp3) is 0.611. The SMILES string of the molecule is CCCn1nc2ccccc2c1P(N(CC)CC)N(CC)CC. The molecule has 0 saturated carbocycles. The second-order valence-corrected chi connectivity index (χ2v) is 7.77. The second kappa shape index (κ2) is 8.77. The standard InChI is InChI=1S/C18H31N4P/c1-6-15-22-18(16-13-11-12-14-17(16)19-22)23(20(7-2)8-3)21(9-4)10-5/h11-14H,6-10,15H2,1-5H3. The van der Waals surface area contributed by atoms with Crippen LogP contribution < -0.4 is 5.44 Å². The summed E-state index contributed by atoms with van der Waals surface area (Å²) in [6.07, 6.45) is 1.11. The third-order valence-electron chi connectivity index (χ3n) is 4.24. The molecule has 1 heterocycles. The van der Waals surface area contributed by atoms with E-state index in [2.05, 4.69) is 72.9 Å². The zero-order chi connectivity index (χ0) is 16.8. The Morgan fingerprint density at radius 2 is 1.48 bits per heavy atom. The lowest BCUT2D eigenvalue weighted by molar-refractivity contribution is 0.427. The summed E-state index contributed by atoms with van der Waals surface area (Å²) in [6.45, 7) is 16.6. The summed E-state index contributed by atoms with van der Waals surface area (Å²) >= 11 is 0. The maximum atomic E-state index is 4.90. The van der Waals surface area contributed by atoms with Crippen LogP contribution in [0, 0.1) is 0 Å². The van der Waals surface area contributed by atoms with Crippen LogP contribution >= 0.6 is 8.22 Å². The smallest absolute Gasteiger partial charge is 0.0996 e. The van der Waals surface area contributed by atoms with Crippen molar-refractivity contribution < 1.29 is 0 Å². The maximum Gasteiger partial charge on any atom is 0.0996 e. The van der Waals surface area contributed by atoms with Crippen LogP contribution in [0.3, 0.4) is 0 Å². The Hall–Kier alpha value is -0.960. The molecular formula is C18H31N4P. The Bertz CT molecular complexity index is 590. The first-order valence-electron chi connectivity index (χ1n) is 8.96. The van der Waals surface area contributed by atoms with Crippen molar-refractivity contribution >= 4 is 24.6 Å². The van der Waals surface area contributed by atoms with Crippen molar-refractivity contribution in [3.8, 4) is 0 Å². The summed E-state index contributed by atoms with van der Waals surface area (Å²) < 4.78 is 7.49. The van der Waals surface area contributed by atoms with E-state index in [0.717, 1.165) is 44.7 Å². The molecule has 0 aliphatic carbocycles. The summed E-state index contributed by atoms with van der Waals surface area (Å²) in [5, 5.41) is 6.23. The largest absolute Gasteiger partial charge is 0.266 e. The fourth-order valence-electron chi connectivity index (χ4n) is 3.07. The van der Waals surface area contributed by atoms with Gasteiger partial charge in [0.25, 0.3) is 0 Å². The number of rotatable bonds is 9. The third-order valence-corrected chi connectivity index (χ3v) is 7.29. The predicted molar refractivity (Wildman–Crippen MR) is 102 cm³/mol. The van der Waals surface area contributed by atoms with E-state index in [0.29, 0.717) is 0 Å². The first-order chi connectivity index (χ1) is 11.2. The van der Waals surface area contributed by atoms with Crippen molar-refractivity contribution in [2.45, 2.75) is 47.6 Å². The molecule has 0 unspecified atom stereocenters. The minimum Gasteiger partial charge on any atom is -0.266 e. The van der Waals surface area contributed by atoms with Crippen molar-refractivity contribution in [1.29, 1.82) is 0 Å². The number of hydrogen-bond donors (Lipinski definition) is 0.